The van der Waals surface area contributed by atoms with Crippen LogP contribution in [0, 0.1) is 5.92 Å². The summed E-state index contributed by atoms with van der Waals surface area (Å²) in [7, 11) is 2.14. The molecule has 1 fully saturated rings. The standard InChI is InChI=1S/C25H38N2O6/c1-6-25(12-7-8-13-27(5)16-25)19-10-9-11-20(15-19)33-24(31)32-18(4)14-21(28)26-22(17(2)3)23(29)30/h9-11,15,17-18,22H,6-8,12-14,16H2,1-5H3,(H,26,28)(H,29,30)/t18-,22+,25?/m1/s1. The summed E-state index contributed by atoms with van der Waals surface area (Å²) in [5.41, 5.74) is 1.15. The van der Waals surface area contributed by atoms with Gasteiger partial charge in [-0.25, -0.2) is 9.59 Å². The number of carboxylic acids is 1. The van der Waals surface area contributed by atoms with Gasteiger partial charge in [-0.15, -0.1) is 0 Å². The highest BCUT2D eigenvalue weighted by atomic mass is 16.7. The highest BCUT2D eigenvalue weighted by Crippen LogP contribution is 2.37. The van der Waals surface area contributed by atoms with Crippen molar-refractivity contribution in [2.24, 2.45) is 5.92 Å². The molecule has 1 heterocycles. The van der Waals surface area contributed by atoms with Crippen molar-refractivity contribution < 1.29 is 29.0 Å². The number of amides is 1. The first-order chi connectivity index (χ1) is 15.6. The zero-order chi connectivity index (χ0) is 24.6. The molecule has 0 saturated carbocycles. The van der Waals surface area contributed by atoms with Crippen LogP contribution in [-0.2, 0) is 19.7 Å². The molecule has 0 aromatic heterocycles. The Morgan fingerprint density at radius 1 is 1.21 bits per heavy atom. The van der Waals surface area contributed by atoms with Gasteiger partial charge < -0.3 is 24.8 Å². The Morgan fingerprint density at radius 2 is 1.94 bits per heavy atom. The van der Waals surface area contributed by atoms with Crippen LogP contribution in [0.1, 0.15) is 65.4 Å². The fourth-order valence-electron chi connectivity index (χ4n) is 4.47. The van der Waals surface area contributed by atoms with Crippen LogP contribution in [0.3, 0.4) is 0 Å². The Morgan fingerprint density at radius 3 is 2.58 bits per heavy atom. The molecule has 33 heavy (non-hydrogen) atoms. The van der Waals surface area contributed by atoms with E-state index in [1.165, 1.54) is 6.42 Å². The van der Waals surface area contributed by atoms with Crippen LogP contribution in [0.2, 0.25) is 0 Å². The number of likely N-dealkylation sites (N-methyl/N-ethyl adjacent to an activating group) is 1. The van der Waals surface area contributed by atoms with Gasteiger partial charge in [-0.2, -0.15) is 0 Å². The number of nitrogens with zero attached hydrogens (tertiary/aromatic N) is 1. The van der Waals surface area contributed by atoms with Crippen LogP contribution >= 0.6 is 0 Å². The molecular formula is C25H38N2O6. The smallest absolute Gasteiger partial charge is 0.480 e. The average molecular weight is 463 g/mol. The molecule has 2 N–H and O–H groups in total. The number of hydrogen-bond donors (Lipinski definition) is 2. The second kappa shape index (κ2) is 12.0. The van der Waals surface area contributed by atoms with E-state index in [9.17, 15) is 19.5 Å². The molecule has 3 atom stereocenters. The third kappa shape index (κ3) is 7.74. The molecule has 1 aliphatic rings. The summed E-state index contributed by atoms with van der Waals surface area (Å²) >= 11 is 0. The Balaban J connectivity index is 1.97. The predicted molar refractivity (Wildman–Crippen MR) is 125 cm³/mol. The van der Waals surface area contributed by atoms with Crippen molar-refractivity contribution in [1.82, 2.24) is 10.2 Å². The maximum absolute atomic E-state index is 12.3. The lowest BCUT2D eigenvalue weighted by Gasteiger charge is -2.35. The van der Waals surface area contributed by atoms with E-state index < -0.39 is 30.2 Å². The Hall–Kier alpha value is -2.61. The van der Waals surface area contributed by atoms with Crippen molar-refractivity contribution in [1.29, 1.82) is 0 Å². The number of hydrogen-bond acceptors (Lipinski definition) is 6. The third-order valence-corrected chi connectivity index (χ3v) is 6.36. The first-order valence-corrected chi connectivity index (χ1v) is 11.8. The van der Waals surface area contributed by atoms with E-state index in [1.807, 2.05) is 12.1 Å². The van der Waals surface area contributed by atoms with Crippen molar-refractivity contribution in [3.05, 3.63) is 29.8 Å². The molecule has 1 aromatic carbocycles. The Labute approximate surface area is 196 Å². The van der Waals surface area contributed by atoms with Gasteiger partial charge in [-0.1, -0.05) is 39.3 Å². The van der Waals surface area contributed by atoms with Crippen molar-refractivity contribution in [3.63, 3.8) is 0 Å². The fraction of sp³-hybridized carbons (Fsp3) is 0.640. The average Bonchev–Trinajstić information content (AvgIpc) is 2.93. The van der Waals surface area contributed by atoms with Gasteiger partial charge in [0.05, 0.1) is 6.42 Å². The van der Waals surface area contributed by atoms with Gasteiger partial charge in [0, 0.05) is 12.0 Å². The van der Waals surface area contributed by atoms with Gasteiger partial charge in [-0.05, 0) is 63.4 Å². The maximum atomic E-state index is 12.3. The minimum atomic E-state index is -1.10. The Bertz CT molecular complexity index is 827. The summed E-state index contributed by atoms with van der Waals surface area (Å²) < 4.78 is 10.6. The van der Waals surface area contributed by atoms with E-state index in [0.717, 1.165) is 37.9 Å². The van der Waals surface area contributed by atoms with Crippen molar-refractivity contribution in [3.8, 4) is 5.75 Å². The van der Waals surface area contributed by atoms with Gasteiger partial charge in [0.25, 0.3) is 0 Å². The zero-order valence-corrected chi connectivity index (χ0v) is 20.4. The van der Waals surface area contributed by atoms with E-state index in [4.69, 9.17) is 9.47 Å². The second-order valence-electron chi connectivity index (χ2n) is 9.47. The minimum absolute atomic E-state index is 0.0109. The van der Waals surface area contributed by atoms with E-state index >= 15 is 0 Å². The maximum Gasteiger partial charge on any atom is 0.514 e. The number of ether oxygens (including phenoxy) is 2. The van der Waals surface area contributed by atoms with Crippen molar-refractivity contribution in [2.45, 2.75) is 77.4 Å². The summed E-state index contributed by atoms with van der Waals surface area (Å²) in [6.07, 6.45) is 2.60. The molecule has 1 aromatic rings. The minimum Gasteiger partial charge on any atom is -0.480 e. The number of benzene rings is 1. The SMILES string of the molecule is CCC1(c2cccc(OC(=O)O[C@H](C)CC(=O)N[C@H](C(=O)O)C(C)C)c2)CCCCN(C)C1. The van der Waals surface area contributed by atoms with E-state index in [1.54, 1.807) is 26.8 Å². The second-order valence-corrected chi connectivity index (χ2v) is 9.47. The van der Waals surface area contributed by atoms with E-state index in [2.05, 4.69) is 30.3 Å². The molecule has 8 heteroatoms. The fourth-order valence-corrected chi connectivity index (χ4v) is 4.47. The summed E-state index contributed by atoms with van der Waals surface area (Å²) in [5.74, 6) is -1.46. The highest BCUT2D eigenvalue weighted by Gasteiger charge is 2.33. The molecule has 2 rings (SSSR count). The summed E-state index contributed by atoms with van der Waals surface area (Å²) in [6.45, 7) is 9.22. The third-order valence-electron chi connectivity index (χ3n) is 6.36. The molecule has 8 nitrogen and oxygen atoms in total. The van der Waals surface area contributed by atoms with Crippen molar-refractivity contribution >= 4 is 18.0 Å². The van der Waals surface area contributed by atoms with Gasteiger partial charge >= 0.3 is 12.1 Å². The van der Waals surface area contributed by atoms with Gasteiger partial charge in [-0.3, -0.25) is 4.79 Å². The summed E-state index contributed by atoms with van der Waals surface area (Å²) in [5, 5.41) is 11.7. The van der Waals surface area contributed by atoms with Crippen LogP contribution in [0.25, 0.3) is 0 Å². The number of carbonyl (C=O) groups excluding carboxylic acids is 2. The van der Waals surface area contributed by atoms with Crippen LogP contribution < -0.4 is 10.1 Å². The van der Waals surface area contributed by atoms with E-state index in [-0.39, 0.29) is 17.8 Å². The normalized spacial score (nSPS) is 21.0. The first-order valence-electron chi connectivity index (χ1n) is 11.8. The number of likely N-dealkylation sites (tertiary alicyclic amines) is 1. The molecule has 0 bridgehead atoms. The number of carboxylic acid groups (broad SMARTS) is 1. The number of nitrogens with one attached hydrogen (secondary N) is 1. The molecule has 0 radical (unpaired) electrons. The molecule has 0 spiro atoms. The lowest BCUT2D eigenvalue weighted by Crippen LogP contribution is -2.45. The number of carbonyl (C=O) groups is 3. The highest BCUT2D eigenvalue weighted by molar-refractivity contribution is 5.84. The topological polar surface area (TPSA) is 105 Å². The largest absolute Gasteiger partial charge is 0.514 e. The first kappa shape index (κ1) is 26.6. The van der Waals surface area contributed by atoms with Crippen LogP contribution in [-0.4, -0.2) is 60.3 Å². The number of rotatable bonds is 9. The Kier molecular flexibility index (Phi) is 9.70. The number of aliphatic carboxylic acids is 1. The molecule has 1 aliphatic heterocycles. The zero-order valence-electron chi connectivity index (χ0n) is 20.4. The quantitative estimate of drug-likeness (QED) is 0.423. The molecule has 1 unspecified atom stereocenters. The molecule has 1 amide bonds. The van der Waals surface area contributed by atoms with Crippen LogP contribution in [0.15, 0.2) is 24.3 Å². The molecule has 184 valence electrons. The van der Waals surface area contributed by atoms with E-state index in [0.29, 0.717) is 5.75 Å². The van der Waals surface area contributed by atoms with Gasteiger partial charge in [0.1, 0.15) is 17.9 Å². The molecule has 0 aliphatic carbocycles. The van der Waals surface area contributed by atoms with Crippen molar-refractivity contribution in [2.75, 3.05) is 20.1 Å². The predicted octanol–water partition coefficient (Wildman–Crippen LogP) is 3.97. The van der Waals surface area contributed by atoms with Gasteiger partial charge in [0.2, 0.25) is 5.91 Å². The monoisotopic (exact) mass is 462 g/mol. The lowest BCUT2D eigenvalue weighted by atomic mass is 9.74. The van der Waals surface area contributed by atoms with Crippen LogP contribution in [0.5, 0.6) is 5.75 Å². The summed E-state index contributed by atoms with van der Waals surface area (Å²) in [6, 6.07) is 6.59. The molecule has 1 saturated heterocycles. The molecular weight excluding hydrogens is 424 g/mol. The summed E-state index contributed by atoms with van der Waals surface area (Å²) in [4.78, 5) is 38.1. The lowest BCUT2D eigenvalue weighted by molar-refractivity contribution is -0.143. The van der Waals surface area contributed by atoms with Gasteiger partial charge in [0.15, 0.2) is 0 Å². The van der Waals surface area contributed by atoms with Crippen LogP contribution in [0.4, 0.5) is 4.79 Å².